The molecule has 0 saturated carbocycles. The van der Waals surface area contributed by atoms with Crippen LogP contribution in [0.15, 0.2) is 42.6 Å². The van der Waals surface area contributed by atoms with Crippen molar-refractivity contribution in [1.29, 1.82) is 0 Å². The molecule has 246 valence electrons. The Balaban J connectivity index is 1.10. The van der Waals surface area contributed by atoms with Crippen molar-refractivity contribution in [2.24, 2.45) is 17.8 Å². The number of Topliss-reactive ketones (excluding diaryl/α,β-unsaturated/α-hetero) is 2. The summed E-state index contributed by atoms with van der Waals surface area (Å²) in [5, 5.41) is 20.6. The van der Waals surface area contributed by atoms with Crippen molar-refractivity contribution in [2.45, 2.75) is 77.0 Å². The van der Waals surface area contributed by atoms with Gasteiger partial charge in [0.2, 0.25) is 5.91 Å². The lowest BCUT2D eigenvalue weighted by Gasteiger charge is -2.35. The third-order valence-corrected chi connectivity index (χ3v) is 10.4. The molecule has 3 heterocycles. The van der Waals surface area contributed by atoms with Crippen LogP contribution in [0, 0.1) is 31.6 Å². The van der Waals surface area contributed by atoms with Gasteiger partial charge in [-0.25, -0.2) is 0 Å². The van der Waals surface area contributed by atoms with Gasteiger partial charge < -0.3 is 30.7 Å². The molecule has 1 fully saturated rings. The quantitative estimate of drug-likeness (QED) is 0.289. The van der Waals surface area contributed by atoms with E-state index >= 15 is 0 Å². The van der Waals surface area contributed by atoms with E-state index in [9.17, 15) is 19.5 Å². The highest BCUT2D eigenvalue weighted by atomic mass is 16.5. The molecule has 1 aliphatic carbocycles. The zero-order valence-electron chi connectivity index (χ0n) is 27.3. The third kappa shape index (κ3) is 7.06. The Morgan fingerprint density at radius 3 is 2.57 bits per heavy atom. The first kappa shape index (κ1) is 32.4. The molecule has 2 aromatic rings. The molecule has 2 aromatic carbocycles. The largest absolute Gasteiger partial charge is 0.491 e. The van der Waals surface area contributed by atoms with E-state index in [1.54, 1.807) is 6.20 Å². The van der Waals surface area contributed by atoms with Gasteiger partial charge in [-0.05, 0) is 120 Å². The first-order chi connectivity index (χ1) is 22.2. The van der Waals surface area contributed by atoms with Gasteiger partial charge in [-0.1, -0.05) is 18.2 Å². The van der Waals surface area contributed by atoms with Crippen LogP contribution in [0.2, 0.25) is 0 Å². The molecule has 4 unspecified atom stereocenters. The summed E-state index contributed by atoms with van der Waals surface area (Å²) >= 11 is 0. The van der Waals surface area contributed by atoms with Gasteiger partial charge >= 0.3 is 0 Å². The molecule has 0 radical (unpaired) electrons. The van der Waals surface area contributed by atoms with Gasteiger partial charge in [-0.15, -0.1) is 0 Å². The van der Waals surface area contributed by atoms with Gasteiger partial charge in [0.15, 0.2) is 11.6 Å². The molecule has 1 saturated heterocycles. The summed E-state index contributed by atoms with van der Waals surface area (Å²) in [7, 11) is 2.14. The monoisotopic (exact) mass is 628 g/mol. The molecule has 46 heavy (non-hydrogen) atoms. The second-order valence-electron chi connectivity index (χ2n) is 13.9. The number of benzene rings is 2. The molecule has 3 aliphatic heterocycles. The summed E-state index contributed by atoms with van der Waals surface area (Å²) in [5.74, 6) is 0.128. The summed E-state index contributed by atoms with van der Waals surface area (Å²) in [4.78, 5) is 42.6. The topological polar surface area (TPSA) is 120 Å². The van der Waals surface area contributed by atoms with Crippen molar-refractivity contribution in [3.05, 3.63) is 70.4 Å². The summed E-state index contributed by atoms with van der Waals surface area (Å²) < 4.78 is 5.90. The average molecular weight is 629 g/mol. The number of hydrogen-bond acceptors (Lipinski definition) is 8. The molecule has 5 atom stereocenters. The normalized spacial score (nSPS) is 25.8. The minimum Gasteiger partial charge on any atom is -0.491 e. The zero-order chi connectivity index (χ0) is 32.4. The van der Waals surface area contributed by atoms with Crippen LogP contribution >= 0.6 is 0 Å². The third-order valence-electron chi connectivity index (χ3n) is 10.4. The minimum absolute atomic E-state index is 0.0299. The van der Waals surface area contributed by atoms with E-state index in [0.717, 1.165) is 79.7 Å². The smallest absolute Gasteiger partial charge is 0.230 e. The molecule has 4 N–H and O–H groups in total. The fourth-order valence-electron chi connectivity index (χ4n) is 7.58. The number of piperidine rings is 1. The Kier molecular flexibility index (Phi) is 9.92. The van der Waals surface area contributed by atoms with Crippen molar-refractivity contribution in [3.63, 3.8) is 0 Å². The van der Waals surface area contributed by atoms with E-state index in [1.165, 1.54) is 0 Å². The molecular formula is C37H48N4O5. The molecular weight excluding hydrogens is 580 g/mol. The van der Waals surface area contributed by atoms with Crippen molar-refractivity contribution in [3.8, 4) is 5.75 Å². The molecule has 9 heteroatoms. The minimum atomic E-state index is -0.764. The SMILES string of the molecule is Cc1ccc(C)c(OCC(O)CNC2C=CNC(=O)C2C2CCCc3cc4c(cc3N2)C(=O)[C@H](CCC2CCN(C)CC2)C4=O)c1. The number of aryl methyl sites for hydroxylation is 3. The predicted molar refractivity (Wildman–Crippen MR) is 178 cm³/mol. The number of aliphatic hydroxyl groups excluding tert-OH is 1. The number of aliphatic hydroxyl groups is 1. The first-order valence-electron chi connectivity index (χ1n) is 17.0. The van der Waals surface area contributed by atoms with Crippen LogP contribution in [0.25, 0.3) is 0 Å². The van der Waals surface area contributed by atoms with Gasteiger partial charge in [0, 0.05) is 41.6 Å². The average Bonchev–Trinajstić information content (AvgIpc) is 3.16. The van der Waals surface area contributed by atoms with Crippen LogP contribution in [-0.4, -0.2) is 79.0 Å². The van der Waals surface area contributed by atoms with E-state index in [-0.39, 0.29) is 42.7 Å². The Morgan fingerprint density at radius 1 is 1.02 bits per heavy atom. The summed E-state index contributed by atoms with van der Waals surface area (Å²) in [6, 6.07) is 9.29. The van der Waals surface area contributed by atoms with Gasteiger partial charge in [-0.2, -0.15) is 0 Å². The molecule has 0 bridgehead atoms. The van der Waals surface area contributed by atoms with Crippen molar-refractivity contribution in [2.75, 3.05) is 38.6 Å². The maximum atomic E-state index is 13.5. The van der Waals surface area contributed by atoms with E-state index in [2.05, 4.69) is 27.9 Å². The van der Waals surface area contributed by atoms with E-state index in [1.807, 2.05) is 50.3 Å². The lowest BCUT2D eigenvalue weighted by atomic mass is 9.86. The first-order valence-corrected chi connectivity index (χ1v) is 17.0. The number of carbonyl (C=O) groups excluding carboxylic acids is 3. The molecule has 0 aromatic heterocycles. The highest BCUT2D eigenvalue weighted by Gasteiger charge is 2.41. The van der Waals surface area contributed by atoms with E-state index in [0.29, 0.717) is 23.5 Å². The number of fused-ring (bicyclic) bond motifs is 2. The second-order valence-corrected chi connectivity index (χ2v) is 13.9. The van der Waals surface area contributed by atoms with Crippen molar-refractivity contribution < 1.29 is 24.2 Å². The lowest BCUT2D eigenvalue weighted by molar-refractivity contribution is -0.125. The summed E-state index contributed by atoms with van der Waals surface area (Å²) in [6.07, 6.45) is 8.96. The number of ether oxygens (including phenoxy) is 1. The van der Waals surface area contributed by atoms with Crippen LogP contribution in [0.5, 0.6) is 5.75 Å². The number of ketones is 2. The van der Waals surface area contributed by atoms with E-state index in [4.69, 9.17) is 4.74 Å². The molecule has 1 amide bonds. The summed E-state index contributed by atoms with van der Waals surface area (Å²) in [5.41, 5.74) is 5.04. The number of amides is 1. The van der Waals surface area contributed by atoms with Crippen molar-refractivity contribution >= 4 is 23.2 Å². The number of hydrogen-bond donors (Lipinski definition) is 4. The number of anilines is 1. The maximum Gasteiger partial charge on any atom is 0.230 e. The number of nitrogens with one attached hydrogen (secondary N) is 3. The maximum absolute atomic E-state index is 13.5. The Morgan fingerprint density at radius 2 is 1.78 bits per heavy atom. The lowest BCUT2D eigenvalue weighted by Crippen LogP contribution is -2.54. The van der Waals surface area contributed by atoms with Crippen LogP contribution in [0.3, 0.4) is 0 Å². The molecule has 4 aliphatic rings. The van der Waals surface area contributed by atoms with Crippen LogP contribution in [-0.2, 0) is 11.2 Å². The molecule has 0 spiro atoms. The van der Waals surface area contributed by atoms with Gasteiger partial charge in [0.1, 0.15) is 18.5 Å². The molecule has 9 nitrogen and oxygen atoms in total. The Hall–Kier alpha value is -3.53. The zero-order valence-corrected chi connectivity index (χ0v) is 27.3. The van der Waals surface area contributed by atoms with Crippen LogP contribution in [0.1, 0.15) is 75.9 Å². The van der Waals surface area contributed by atoms with Crippen LogP contribution in [0.4, 0.5) is 5.69 Å². The van der Waals surface area contributed by atoms with Gasteiger partial charge in [-0.3, -0.25) is 14.4 Å². The summed E-state index contributed by atoms with van der Waals surface area (Å²) in [6.45, 7) is 6.53. The Bertz CT molecular complexity index is 1500. The predicted octanol–water partition coefficient (Wildman–Crippen LogP) is 4.20. The van der Waals surface area contributed by atoms with Gasteiger partial charge in [0.05, 0.1) is 11.8 Å². The fourth-order valence-corrected chi connectivity index (χ4v) is 7.58. The molecule has 6 rings (SSSR count). The van der Waals surface area contributed by atoms with Crippen molar-refractivity contribution in [1.82, 2.24) is 15.5 Å². The highest BCUT2D eigenvalue weighted by Crippen LogP contribution is 2.38. The number of nitrogens with zero attached hydrogens (tertiary/aromatic N) is 1. The fraction of sp³-hybridized carbons (Fsp3) is 0.541. The number of likely N-dealkylation sites (tertiary alicyclic amines) is 1. The van der Waals surface area contributed by atoms with Crippen LogP contribution < -0.4 is 20.7 Å². The number of carbonyl (C=O) groups is 3. The van der Waals surface area contributed by atoms with E-state index < -0.39 is 17.9 Å². The number of rotatable bonds is 10. The Labute approximate surface area is 272 Å². The second kappa shape index (κ2) is 14.1. The highest BCUT2D eigenvalue weighted by molar-refractivity contribution is 6.26. The standard InChI is InChI=1S/C37H48N4O5/c1-22-7-8-23(2)33(17-22)46-21-26(42)20-39-30-11-14-38-37(45)34(30)31-6-4-5-25-18-28-29(19-32(25)40-31)36(44)27(35(28)43)10-9-24-12-15-41(3)16-13-24/h7-8,11,14,17-19,24,26-27,30-31,34,39-40,42H,4-6,9-10,12-13,15-16,20-21H2,1-3H3,(H,38,45)/t26?,27-,30?,31?,34?/m1/s1. The van der Waals surface area contributed by atoms with Gasteiger partial charge in [0.25, 0.3) is 0 Å².